The van der Waals surface area contributed by atoms with E-state index >= 15 is 0 Å². The molecule has 0 aromatic heterocycles. The van der Waals surface area contributed by atoms with E-state index in [9.17, 15) is 13.2 Å². The van der Waals surface area contributed by atoms with Gasteiger partial charge in [0.25, 0.3) is 5.91 Å². The smallest absolute Gasteiger partial charge is 0.251 e. The van der Waals surface area contributed by atoms with Crippen LogP contribution >= 0.6 is 0 Å². The molecule has 2 N–H and O–H groups in total. The van der Waals surface area contributed by atoms with Crippen molar-refractivity contribution in [1.82, 2.24) is 5.32 Å². The lowest BCUT2D eigenvalue weighted by Gasteiger charge is -2.16. The van der Waals surface area contributed by atoms with Gasteiger partial charge in [0, 0.05) is 30.1 Å². The van der Waals surface area contributed by atoms with Crippen LogP contribution in [-0.4, -0.2) is 20.6 Å². The number of carbonyl (C=O) groups is 1. The normalized spacial score (nSPS) is 15.0. The van der Waals surface area contributed by atoms with Crippen LogP contribution in [-0.2, 0) is 16.4 Å². The fourth-order valence-corrected chi connectivity index (χ4v) is 3.27. The van der Waals surface area contributed by atoms with Crippen LogP contribution in [0.1, 0.15) is 34.5 Å². The second-order valence-corrected chi connectivity index (χ2v) is 7.78. The van der Waals surface area contributed by atoms with Gasteiger partial charge in [-0.25, -0.2) is 8.42 Å². The number of carbonyl (C=O) groups excluding carboxylic acids is 1. The highest BCUT2D eigenvalue weighted by Crippen LogP contribution is 2.24. The van der Waals surface area contributed by atoms with Crippen molar-refractivity contribution in [3.8, 4) is 0 Å². The Morgan fingerprint density at radius 3 is 2.48 bits per heavy atom. The molecule has 3 rings (SSSR count). The molecule has 6 heteroatoms. The Kier molecular flexibility index (Phi) is 3.85. The number of anilines is 1. The molecule has 2 aromatic carbocycles. The minimum absolute atomic E-state index is 0.00822. The number of sulfone groups is 1. The lowest BCUT2D eigenvalue weighted by Crippen LogP contribution is -2.12. The van der Waals surface area contributed by atoms with Crippen molar-refractivity contribution < 1.29 is 13.2 Å². The molecule has 0 unspecified atom stereocenters. The highest BCUT2D eigenvalue weighted by atomic mass is 32.2. The molecule has 2 aromatic rings. The van der Waals surface area contributed by atoms with E-state index in [0.717, 1.165) is 16.8 Å². The zero-order valence-electron chi connectivity index (χ0n) is 13.0. The number of hydrogen-bond acceptors (Lipinski definition) is 4. The fraction of sp³-hybridized carbons (Fsp3) is 0.235. The van der Waals surface area contributed by atoms with E-state index in [0.29, 0.717) is 17.0 Å². The zero-order valence-corrected chi connectivity index (χ0v) is 13.8. The number of rotatable bonds is 4. The third-order valence-corrected chi connectivity index (χ3v) is 5.11. The van der Waals surface area contributed by atoms with Gasteiger partial charge in [0.05, 0.1) is 4.90 Å². The first-order chi connectivity index (χ1) is 10.8. The van der Waals surface area contributed by atoms with E-state index < -0.39 is 9.84 Å². The first kappa shape index (κ1) is 15.6. The van der Waals surface area contributed by atoms with Gasteiger partial charge in [-0.05, 0) is 42.3 Å². The molecule has 0 fully saturated rings. The molecule has 23 heavy (non-hydrogen) atoms. The molecule has 1 atom stereocenters. The average molecular weight is 330 g/mol. The first-order valence-electron chi connectivity index (χ1n) is 7.32. The molecule has 1 amide bonds. The molecular weight excluding hydrogens is 312 g/mol. The van der Waals surface area contributed by atoms with Gasteiger partial charge >= 0.3 is 0 Å². The summed E-state index contributed by atoms with van der Waals surface area (Å²) in [6.07, 6.45) is 1.19. The van der Waals surface area contributed by atoms with Crippen LogP contribution in [0.3, 0.4) is 0 Å². The van der Waals surface area contributed by atoms with Gasteiger partial charge in [0.15, 0.2) is 9.84 Å². The first-order valence-corrected chi connectivity index (χ1v) is 9.21. The van der Waals surface area contributed by atoms with Crippen molar-refractivity contribution in [2.24, 2.45) is 0 Å². The quantitative estimate of drug-likeness (QED) is 0.903. The van der Waals surface area contributed by atoms with E-state index in [4.69, 9.17) is 0 Å². The van der Waals surface area contributed by atoms with Crippen molar-refractivity contribution in [3.05, 3.63) is 59.2 Å². The molecule has 120 valence electrons. The third-order valence-electron chi connectivity index (χ3n) is 3.99. The summed E-state index contributed by atoms with van der Waals surface area (Å²) in [4.78, 5) is 12.0. The summed E-state index contributed by atoms with van der Waals surface area (Å²) in [5, 5.41) is 6.13. The third kappa shape index (κ3) is 3.22. The van der Waals surface area contributed by atoms with E-state index in [1.165, 1.54) is 6.26 Å². The van der Waals surface area contributed by atoms with Crippen LogP contribution in [0.4, 0.5) is 5.69 Å². The molecule has 0 saturated carbocycles. The maximum atomic E-state index is 11.7. The highest BCUT2D eigenvalue weighted by molar-refractivity contribution is 7.90. The largest absolute Gasteiger partial charge is 0.379 e. The lowest BCUT2D eigenvalue weighted by molar-refractivity contribution is 0.0966. The zero-order chi connectivity index (χ0) is 16.6. The lowest BCUT2D eigenvalue weighted by atomic mass is 10.1. The maximum absolute atomic E-state index is 11.7. The maximum Gasteiger partial charge on any atom is 0.251 e. The van der Waals surface area contributed by atoms with Crippen LogP contribution in [0.15, 0.2) is 47.4 Å². The Morgan fingerprint density at radius 2 is 1.83 bits per heavy atom. The SMILES string of the molecule is C[C@H](Nc1ccc2c(c1)C(=O)NC2)c1ccc(S(C)(=O)=O)cc1. The Labute approximate surface area is 135 Å². The van der Waals surface area contributed by atoms with Crippen LogP contribution in [0.5, 0.6) is 0 Å². The standard InChI is InChI=1S/C17H18N2O3S/c1-11(12-4-7-15(8-5-12)23(2,21)22)19-14-6-3-13-10-18-17(20)16(13)9-14/h3-9,11,19H,10H2,1-2H3,(H,18,20)/t11-/m0/s1. The fourth-order valence-electron chi connectivity index (χ4n) is 2.64. The summed E-state index contributed by atoms with van der Waals surface area (Å²) in [6, 6.07) is 12.5. The molecule has 1 heterocycles. The molecule has 0 saturated heterocycles. The summed E-state index contributed by atoms with van der Waals surface area (Å²) in [5.74, 6) is -0.0474. The minimum Gasteiger partial charge on any atom is -0.379 e. The van der Waals surface area contributed by atoms with Crippen LogP contribution < -0.4 is 10.6 Å². The topological polar surface area (TPSA) is 75.3 Å². The van der Waals surface area contributed by atoms with Crippen molar-refractivity contribution in [2.45, 2.75) is 24.4 Å². The number of hydrogen-bond donors (Lipinski definition) is 2. The summed E-state index contributed by atoms with van der Waals surface area (Å²) in [6.45, 7) is 2.57. The Morgan fingerprint density at radius 1 is 1.13 bits per heavy atom. The van der Waals surface area contributed by atoms with Gasteiger partial charge in [-0.3, -0.25) is 4.79 Å². The van der Waals surface area contributed by atoms with E-state index in [-0.39, 0.29) is 11.9 Å². The van der Waals surface area contributed by atoms with Crippen LogP contribution in [0.25, 0.3) is 0 Å². The van der Waals surface area contributed by atoms with Crippen molar-refractivity contribution in [2.75, 3.05) is 11.6 Å². The number of fused-ring (bicyclic) bond motifs is 1. The Balaban J connectivity index is 1.78. The van der Waals surface area contributed by atoms with Crippen molar-refractivity contribution in [1.29, 1.82) is 0 Å². The number of nitrogens with one attached hydrogen (secondary N) is 2. The van der Waals surface area contributed by atoms with Gasteiger partial charge in [-0.15, -0.1) is 0 Å². The van der Waals surface area contributed by atoms with Crippen LogP contribution in [0, 0.1) is 0 Å². The molecule has 1 aliphatic heterocycles. The molecule has 0 aliphatic carbocycles. The van der Waals surface area contributed by atoms with Gasteiger partial charge in [-0.1, -0.05) is 18.2 Å². The second-order valence-electron chi connectivity index (χ2n) is 5.76. The monoisotopic (exact) mass is 330 g/mol. The summed E-state index contributed by atoms with van der Waals surface area (Å²) in [5.41, 5.74) is 3.54. The number of amides is 1. The molecule has 0 radical (unpaired) electrons. The predicted octanol–water partition coefficient (Wildman–Crippen LogP) is 2.51. The van der Waals surface area contributed by atoms with E-state index in [1.807, 2.05) is 25.1 Å². The van der Waals surface area contributed by atoms with Gasteiger partial charge in [0.1, 0.15) is 0 Å². The number of benzene rings is 2. The minimum atomic E-state index is -3.18. The molecule has 5 nitrogen and oxygen atoms in total. The van der Waals surface area contributed by atoms with Crippen LogP contribution in [0.2, 0.25) is 0 Å². The van der Waals surface area contributed by atoms with Gasteiger partial charge < -0.3 is 10.6 Å². The van der Waals surface area contributed by atoms with Crippen molar-refractivity contribution >= 4 is 21.4 Å². The second kappa shape index (κ2) is 5.70. The Bertz CT molecular complexity index is 858. The summed E-state index contributed by atoms with van der Waals surface area (Å²) in [7, 11) is -3.18. The van der Waals surface area contributed by atoms with E-state index in [2.05, 4.69) is 10.6 Å². The Hall–Kier alpha value is -2.34. The summed E-state index contributed by atoms with van der Waals surface area (Å²) >= 11 is 0. The molecule has 1 aliphatic rings. The highest BCUT2D eigenvalue weighted by Gasteiger charge is 2.19. The van der Waals surface area contributed by atoms with Gasteiger partial charge in [-0.2, -0.15) is 0 Å². The van der Waals surface area contributed by atoms with E-state index in [1.54, 1.807) is 24.3 Å². The average Bonchev–Trinajstić information content (AvgIpc) is 2.88. The van der Waals surface area contributed by atoms with Crippen molar-refractivity contribution in [3.63, 3.8) is 0 Å². The molecular formula is C17H18N2O3S. The molecule has 0 spiro atoms. The predicted molar refractivity (Wildman–Crippen MR) is 89.2 cm³/mol. The molecule has 0 bridgehead atoms. The summed E-state index contributed by atoms with van der Waals surface area (Å²) < 4.78 is 23.0. The van der Waals surface area contributed by atoms with Gasteiger partial charge in [0.2, 0.25) is 0 Å².